The molecule has 1 aromatic carbocycles. The van der Waals surface area contributed by atoms with Crippen LogP contribution in [0.15, 0.2) is 18.2 Å². The van der Waals surface area contributed by atoms with Crippen molar-refractivity contribution in [2.24, 2.45) is 5.92 Å². The molecule has 0 aliphatic heterocycles. The second kappa shape index (κ2) is 4.63. The predicted molar refractivity (Wildman–Crippen MR) is 73.2 cm³/mol. The first-order valence-corrected chi connectivity index (χ1v) is 8.28. The summed E-state index contributed by atoms with van der Waals surface area (Å²) in [5.41, 5.74) is 7.96. The lowest BCUT2D eigenvalue weighted by molar-refractivity contribution is 0.536. The Hall–Kier alpha value is -0.750. The molecule has 1 atom stereocenters. The van der Waals surface area contributed by atoms with Crippen LogP contribution in [-0.2, 0) is 4.57 Å². The lowest BCUT2D eigenvalue weighted by Gasteiger charge is -2.19. The van der Waals surface area contributed by atoms with Crippen LogP contribution in [0.4, 0.5) is 5.69 Å². The molecule has 0 heterocycles. The Morgan fingerprint density at radius 2 is 1.75 bits per heavy atom. The fourth-order valence-corrected chi connectivity index (χ4v) is 2.55. The van der Waals surface area contributed by atoms with Crippen molar-refractivity contribution in [3.05, 3.63) is 23.8 Å². The zero-order valence-electron chi connectivity index (χ0n) is 10.8. The first-order valence-electron chi connectivity index (χ1n) is 5.68. The SMILES string of the molecule is CC(C)C(C)c1ccc(P(C)(C)=O)cc1N. The molecule has 0 spiro atoms. The summed E-state index contributed by atoms with van der Waals surface area (Å²) in [5.74, 6) is 0.991. The number of nitrogens with two attached hydrogens (primary N) is 1. The molecule has 1 aromatic rings. The molecule has 0 aromatic heterocycles. The van der Waals surface area contributed by atoms with E-state index in [2.05, 4.69) is 20.8 Å². The van der Waals surface area contributed by atoms with Gasteiger partial charge in [0.1, 0.15) is 7.14 Å². The average molecular weight is 239 g/mol. The molecular weight excluding hydrogens is 217 g/mol. The van der Waals surface area contributed by atoms with Gasteiger partial charge >= 0.3 is 0 Å². The minimum absolute atomic E-state index is 0.433. The Labute approximate surface area is 98.6 Å². The average Bonchev–Trinajstić information content (AvgIpc) is 2.15. The monoisotopic (exact) mass is 239 g/mol. The van der Waals surface area contributed by atoms with Gasteiger partial charge in [-0.25, -0.2) is 0 Å². The van der Waals surface area contributed by atoms with E-state index in [0.717, 1.165) is 16.6 Å². The third-order valence-corrected chi connectivity index (χ3v) is 4.70. The third kappa shape index (κ3) is 2.89. The standard InChI is InChI=1S/C13H22NOP/c1-9(2)10(3)12-7-6-11(8-13(12)14)16(4,5)15/h6-10H,14H2,1-5H3. The molecule has 90 valence electrons. The van der Waals surface area contributed by atoms with Crippen LogP contribution in [0.5, 0.6) is 0 Å². The third-order valence-electron chi connectivity index (χ3n) is 3.18. The van der Waals surface area contributed by atoms with Gasteiger partial charge in [-0.05, 0) is 36.8 Å². The molecule has 3 heteroatoms. The predicted octanol–water partition coefficient (Wildman–Crippen LogP) is 3.28. The van der Waals surface area contributed by atoms with Crippen LogP contribution in [0.1, 0.15) is 32.3 Å². The van der Waals surface area contributed by atoms with Crippen molar-refractivity contribution in [2.75, 3.05) is 19.1 Å². The van der Waals surface area contributed by atoms with Crippen molar-refractivity contribution in [1.82, 2.24) is 0 Å². The van der Waals surface area contributed by atoms with Gasteiger partial charge in [0.05, 0.1) is 0 Å². The first kappa shape index (κ1) is 13.3. The molecule has 2 nitrogen and oxygen atoms in total. The van der Waals surface area contributed by atoms with E-state index in [1.165, 1.54) is 0 Å². The number of anilines is 1. The molecule has 0 radical (unpaired) electrons. The van der Waals surface area contributed by atoms with E-state index in [0.29, 0.717) is 11.8 Å². The molecule has 0 bridgehead atoms. The van der Waals surface area contributed by atoms with Gasteiger partial charge in [0.25, 0.3) is 0 Å². The van der Waals surface area contributed by atoms with Gasteiger partial charge in [0, 0.05) is 11.0 Å². The van der Waals surface area contributed by atoms with Gasteiger partial charge in [-0.2, -0.15) is 0 Å². The van der Waals surface area contributed by atoms with Crippen LogP contribution < -0.4 is 11.0 Å². The fraction of sp³-hybridized carbons (Fsp3) is 0.538. The summed E-state index contributed by atoms with van der Waals surface area (Å²) >= 11 is 0. The van der Waals surface area contributed by atoms with Crippen molar-refractivity contribution < 1.29 is 4.57 Å². The molecule has 0 aliphatic rings. The van der Waals surface area contributed by atoms with E-state index in [1.807, 2.05) is 18.2 Å². The van der Waals surface area contributed by atoms with E-state index >= 15 is 0 Å². The lowest BCUT2D eigenvalue weighted by Crippen LogP contribution is -2.10. The van der Waals surface area contributed by atoms with Crippen molar-refractivity contribution in [2.45, 2.75) is 26.7 Å². The molecule has 0 saturated carbocycles. The van der Waals surface area contributed by atoms with Crippen LogP contribution in [0.3, 0.4) is 0 Å². The minimum Gasteiger partial charge on any atom is -0.398 e. The molecule has 16 heavy (non-hydrogen) atoms. The summed E-state index contributed by atoms with van der Waals surface area (Å²) in [6.07, 6.45) is 0. The Morgan fingerprint density at radius 1 is 1.19 bits per heavy atom. The second-order valence-electron chi connectivity index (χ2n) is 5.20. The highest BCUT2D eigenvalue weighted by Crippen LogP contribution is 2.37. The van der Waals surface area contributed by atoms with Gasteiger partial charge < -0.3 is 10.3 Å². The van der Waals surface area contributed by atoms with Crippen molar-refractivity contribution >= 4 is 18.1 Å². The Bertz CT molecular complexity index is 420. The van der Waals surface area contributed by atoms with E-state index < -0.39 is 7.14 Å². The highest BCUT2D eigenvalue weighted by molar-refractivity contribution is 7.70. The number of benzene rings is 1. The van der Waals surface area contributed by atoms with Crippen LogP contribution in [0.25, 0.3) is 0 Å². The smallest absolute Gasteiger partial charge is 0.109 e. The van der Waals surface area contributed by atoms with Gasteiger partial charge in [-0.15, -0.1) is 0 Å². The number of rotatable bonds is 3. The second-order valence-corrected chi connectivity index (χ2v) is 8.41. The summed E-state index contributed by atoms with van der Waals surface area (Å²) in [6, 6.07) is 5.84. The van der Waals surface area contributed by atoms with Crippen molar-refractivity contribution in [3.8, 4) is 0 Å². The van der Waals surface area contributed by atoms with Crippen molar-refractivity contribution in [1.29, 1.82) is 0 Å². The van der Waals surface area contributed by atoms with E-state index in [9.17, 15) is 4.57 Å². The molecule has 1 rings (SSSR count). The molecule has 0 fully saturated rings. The Morgan fingerprint density at radius 3 is 2.12 bits per heavy atom. The maximum atomic E-state index is 11.9. The normalized spacial score (nSPS) is 14.1. The first-order chi connectivity index (χ1) is 7.23. The molecule has 2 N–H and O–H groups in total. The maximum Gasteiger partial charge on any atom is 0.109 e. The molecule has 0 aliphatic carbocycles. The van der Waals surface area contributed by atoms with E-state index in [-0.39, 0.29) is 0 Å². The van der Waals surface area contributed by atoms with Crippen LogP contribution in [0.2, 0.25) is 0 Å². The minimum atomic E-state index is -2.20. The molecule has 1 unspecified atom stereocenters. The van der Waals surface area contributed by atoms with Crippen LogP contribution >= 0.6 is 7.14 Å². The fourth-order valence-electron chi connectivity index (χ4n) is 1.67. The van der Waals surface area contributed by atoms with Gasteiger partial charge in [0.15, 0.2) is 0 Å². The van der Waals surface area contributed by atoms with E-state index in [1.54, 1.807) is 13.3 Å². The number of hydrogen-bond donors (Lipinski definition) is 1. The number of nitrogen functional groups attached to an aromatic ring is 1. The maximum absolute atomic E-state index is 11.9. The lowest BCUT2D eigenvalue weighted by atomic mass is 9.89. The Kier molecular flexibility index (Phi) is 3.85. The highest BCUT2D eigenvalue weighted by atomic mass is 31.2. The summed E-state index contributed by atoms with van der Waals surface area (Å²) in [5, 5.41) is 0.865. The van der Waals surface area contributed by atoms with Gasteiger partial charge in [-0.1, -0.05) is 32.9 Å². The summed E-state index contributed by atoms with van der Waals surface area (Å²) < 4.78 is 11.9. The summed E-state index contributed by atoms with van der Waals surface area (Å²) in [6.45, 7) is 10.1. The van der Waals surface area contributed by atoms with Crippen LogP contribution in [0, 0.1) is 5.92 Å². The van der Waals surface area contributed by atoms with Crippen LogP contribution in [-0.4, -0.2) is 13.3 Å². The zero-order chi connectivity index (χ0) is 12.5. The highest BCUT2D eigenvalue weighted by Gasteiger charge is 2.16. The van der Waals surface area contributed by atoms with E-state index in [4.69, 9.17) is 5.73 Å². The number of hydrogen-bond acceptors (Lipinski definition) is 2. The molecular formula is C13H22NOP. The summed E-state index contributed by atoms with van der Waals surface area (Å²) in [4.78, 5) is 0. The Balaban J connectivity index is 3.15. The molecule has 0 saturated heterocycles. The topological polar surface area (TPSA) is 43.1 Å². The largest absolute Gasteiger partial charge is 0.398 e. The zero-order valence-corrected chi connectivity index (χ0v) is 11.7. The quantitative estimate of drug-likeness (QED) is 0.649. The van der Waals surface area contributed by atoms with Gasteiger partial charge in [0.2, 0.25) is 0 Å². The van der Waals surface area contributed by atoms with Crippen molar-refractivity contribution in [3.63, 3.8) is 0 Å². The molecule has 0 amide bonds. The van der Waals surface area contributed by atoms with Gasteiger partial charge in [-0.3, -0.25) is 0 Å². The summed E-state index contributed by atoms with van der Waals surface area (Å²) in [7, 11) is -2.20.